The third-order valence-electron chi connectivity index (χ3n) is 3.99. The predicted octanol–water partition coefficient (Wildman–Crippen LogP) is 3.64. The van der Waals surface area contributed by atoms with Crippen LogP contribution in [0.1, 0.15) is 5.56 Å². The second kappa shape index (κ2) is 5.42. The lowest BCUT2D eigenvalue weighted by Gasteiger charge is -1.99. The van der Waals surface area contributed by atoms with Gasteiger partial charge in [-0.05, 0) is 19.1 Å². The van der Waals surface area contributed by atoms with Crippen LogP contribution in [0.3, 0.4) is 0 Å². The number of nitrogens with one attached hydrogen (secondary N) is 2. The molecule has 2 aromatic heterocycles. The highest BCUT2D eigenvalue weighted by Gasteiger charge is 2.18. The Balaban J connectivity index is 1.78. The maximum Gasteiger partial charge on any atom is 0.172 e. The number of H-pyrrole nitrogens is 2. The van der Waals surface area contributed by atoms with Gasteiger partial charge >= 0.3 is 0 Å². The summed E-state index contributed by atoms with van der Waals surface area (Å²) in [4.78, 5) is 7.68. The van der Waals surface area contributed by atoms with E-state index in [0.717, 1.165) is 27.9 Å². The van der Waals surface area contributed by atoms with Crippen molar-refractivity contribution >= 4 is 11.0 Å². The summed E-state index contributed by atoms with van der Waals surface area (Å²) in [6.45, 7) is 2.02. The van der Waals surface area contributed by atoms with E-state index < -0.39 is 0 Å². The highest BCUT2D eigenvalue weighted by molar-refractivity contribution is 5.83. The smallest absolute Gasteiger partial charge is 0.172 e. The Kier molecular flexibility index (Phi) is 3.23. The van der Waals surface area contributed by atoms with Gasteiger partial charge in [0.05, 0.1) is 18.1 Å². The molecule has 2 heterocycles. The molecule has 120 valence electrons. The molecule has 0 aliphatic carbocycles. The number of aromatic nitrogens is 4. The summed E-state index contributed by atoms with van der Waals surface area (Å²) in [5.74, 6) is 1.35. The Labute approximate surface area is 138 Å². The van der Waals surface area contributed by atoms with Crippen molar-refractivity contribution in [2.24, 2.45) is 0 Å². The van der Waals surface area contributed by atoms with E-state index in [2.05, 4.69) is 20.2 Å². The van der Waals surface area contributed by atoms with Crippen LogP contribution in [0, 0.1) is 6.92 Å². The predicted molar refractivity (Wildman–Crippen MR) is 92.1 cm³/mol. The minimum absolute atomic E-state index is 0.0740. The third kappa shape index (κ3) is 2.28. The van der Waals surface area contributed by atoms with E-state index in [1.165, 1.54) is 0 Å². The second-order valence-corrected chi connectivity index (χ2v) is 5.63. The van der Waals surface area contributed by atoms with Crippen LogP contribution >= 0.6 is 0 Å². The van der Waals surface area contributed by atoms with Crippen molar-refractivity contribution in [1.29, 1.82) is 0 Å². The van der Waals surface area contributed by atoms with Crippen molar-refractivity contribution in [2.75, 3.05) is 7.11 Å². The number of methoxy groups -OCH3 is 1. The Morgan fingerprint density at radius 3 is 2.62 bits per heavy atom. The molecule has 2 aromatic carbocycles. The van der Waals surface area contributed by atoms with Gasteiger partial charge in [0.2, 0.25) is 0 Å². The molecule has 3 N–H and O–H groups in total. The average Bonchev–Trinajstić information content (AvgIpc) is 3.18. The molecule has 24 heavy (non-hydrogen) atoms. The zero-order valence-corrected chi connectivity index (χ0v) is 13.3. The lowest BCUT2D eigenvalue weighted by Crippen LogP contribution is -1.81. The van der Waals surface area contributed by atoms with E-state index in [1.807, 2.05) is 49.4 Å². The average molecular weight is 320 g/mol. The zero-order valence-electron chi connectivity index (χ0n) is 13.3. The second-order valence-electron chi connectivity index (χ2n) is 5.63. The summed E-state index contributed by atoms with van der Waals surface area (Å²) < 4.78 is 5.22. The van der Waals surface area contributed by atoms with Gasteiger partial charge in [-0.15, -0.1) is 0 Å². The molecule has 4 rings (SSSR count). The fourth-order valence-corrected chi connectivity index (χ4v) is 2.65. The van der Waals surface area contributed by atoms with Crippen LogP contribution in [0.5, 0.6) is 11.5 Å². The van der Waals surface area contributed by atoms with Crippen molar-refractivity contribution < 1.29 is 9.84 Å². The van der Waals surface area contributed by atoms with E-state index in [4.69, 9.17) is 4.74 Å². The Bertz CT molecular complexity index is 1020. The first-order valence-electron chi connectivity index (χ1n) is 7.54. The van der Waals surface area contributed by atoms with Crippen molar-refractivity contribution in [3.8, 4) is 34.3 Å². The van der Waals surface area contributed by atoms with Crippen LogP contribution in [0.2, 0.25) is 0 Å². The molecule has 0 aliphatic heterocycles. The van der Waals surface area contributed by atoms with Crippen molar-refractivity contribution in [1.82, 2.24) is 20.2 Å². The third-order valence-corrected chi connectivity index (χ3v) is 3.99. The van der Waals surface area contributed by atoms with Crippen LogP contribution < -0.4 is 4.74 Å². The topological polar surface area (TPSA) is 86.8 Å². The van der Waals surface area contributed by atoms with E-state index in [-0.39, 0.29) is 5.75 Å². The van der Waals surface area contributed by atoms with Crippen molar-refractivity contribution in [2.45, 2.75) is 6.92 Å². The number of fused-ring (bicyclic) bond motifs is 1. The first-order valence-corrected chi connectivity index (χ1v) is 7.54. The van der Waals surface area contributed by atoms with Gasteiger partial charge < -0.3 is 14.8 Å². The largest absolute Gasteiger partial charge is 0.504 e. The zero-order chi connectivity index (χ0) is 16.7. The van der Waals surface area contributed by atoms with Crippen LogP contribution in [0.4, 0.5) is 0 Å². The maximum absolute atomic E-state index is 10.6. The molecule has 4 aromatic rings. The van der Waals surface area contributed by atoms with Gasteiger partial charge in [0.15, 0.2) is 11.6 Å². The minimum atomic E-state index is 0.0740. The molecule has 0 radical (unpaired) electrons. The molecule has 0 saturated carbocycles. The number of hydrogen-bond donors (Lipinski definition) is 3. The summed E-state index contributed by atoms with van der Waals surface area (Å²) in [5, 5.41) is 17.7. The lowest BCUT2D eigenvalue weighted by atomic mass is 10.1. The number of rotatable bonds is 3. The Hall–Kier alpha value is -3.28. The quantitative estimate of drug-likeness (QED) is 0.538. The van der Waals surface area contributed by atoms with Gasteiger partial charge in [0.25, 0.3) is 0 Å². The summed E-state index contributed by atoms with van der Waals surface area (Å²) in [6, 6.07) is 13.4. The highest BCUT2D eigenvalue weighted by Crippen LogP contribution is 2.35. The fraction of sp³-hybridized carbons (Fsp3) is 0.111. The molecule has 0 amide bonds. The maximum atomic E-state index is 10.6. The lowest BCUT2D eigenvalue weighted by molar-refractivity contribution is 0.415. The standard InChI is InChI=1S/C18H16N4O2/c1-10-3-5-11(6-4-10)15-17(23)16(22-21-15)18-19-13-8-7-12(24-2)9-14(13)20-18/h3-9,23H,1-2H3,(H,19,20)(H,21,22). The van der Waals surface area contributed by atoms with Crippen molar-refractivity contribution in [3.63, 3.8) is 0 Å². The summed E-state index contributed by atoms with van der Waals surface area (Å²) in [6.07, 6.45) is 0. The number of hydrogen-bond acceptors (Lipinski definition) is 4. The summed E-state index contributed by atoms with van der Waals surface area (Å²) >= 11 is 0. The normalized spacial score (nSPS) is 11.1. The van der Waals surface area contributed by atoms with Crippen LogP contribution in [0.15, 0.2) is 42.5 Å². The summed E-state index contributed by atoms with van der Waals surface area (Å²) in [5.41, 5.74) is 4.58. The molecule has 6 nitrogen and oxygen atoms in total. The number of aromatic hydroxyl groups is 1. The number of nitrogens with zero attached hydrogens (tertiary/aromatic N) is 2. The summed E-state index contributed by atoms with van der Waals surface area (Å²) in [7, 11) is 1.62. The van der Waals surface area contributed by atoms with E-state index >= 15 is 0 Å². The number of aromatic amines is 2. The van der Waals surface area contributed by atoms with Crippen LogP contribution in [-0.2, 0) is 0 Å². The SMILES string of the molecule is COc1ccc2nc(-c3[nH]nc(-c4ccc(C)cc4)c3O)[nH]c2c1. The van der Waals surface area contributed by atoms with Gasteiger partial charge in [0, 0.05) is 11.6 Å². The molecule has 6 heteroatoms. The first-order chi connectivity index (χ1) is 11.7. The van der Waals surface area contributed by atoms with Crippen LogP contribution in [0.25, 0.3) is 33.8 Å². The molecule has 0 spiro atoms. The monoisotopic (exact) mass is 320 g/mol. The molecule has 0 atom stereocenters. The van der Waals surface area contributed by atoms with Gasteiger partial charge in [-0.2, -0.15) is 5.10 Å². The van der Waals surface area contributed by atoms with Gasteiger partial charge in [-0.25, -0.2) is 4.98 Å². The number of benzene rings is 2. The first kappa shape index (κ1) is 14.3. The van der Waals surface area contributed by atoms with E-state index in [0.29, 0.717) is 17.2 Å². The Morgan fingerprint density at radius 2 is 1.88 bits per heavy atom. The number of ether oxygens (including phenoxy) is 1. The minimum Gasteiger partial charge on any atom is -0.504 e. The van der Waals surface area contributed by atoms with E-state index in [9.17, 15) is 5.11 Å². The van der Waals surface area contributed by atoms with Crippen molar-refractivity contribution in [3.05, 3.63) is 48.0 Å². The van der Waals surface area contributed by atoms with Crippen LogP contribution in [-0.4, -0.2) is 32.4 Å². The molecular weight excluding hydrogens is 304 g/mol. The van der Waals surface area contributed by atoms with Gasteiger partial charge in [-0.3, -0.25) is 5.10 Å². The molecule has 0 saturated heterocycles. The molecule has 0 fully saturated rings. The molecular formula is C18H16N4O2. The fourth-order valence-electron chi connectivity index (χ4n) is 2.65. The number of imidazole rings is 1. The molecule has 0 unspecified atom stereocenters. The Morgan fingerprint density at radius 1 is 1.08 bits per heavy atom. The molecule has 0 bridgehead atoms. The number of aryl methyl sites for hydroxylation is 1. The highest BCUT2D eigenvalue weighted by atomic mass is 16.5. The van der Waals surface area contributed by atoms with Gasteiger partial charge in [-0.1, -0.05) is 29.8 Å². The van der Waals surface area contributed by atoms with Gasteiger partial charge in [0.1, 0.15) is 17.1 Å². The molecule has 0 aliphatic rings. The van der Waals surface area contributed by atoms with E-state index in [1.54, 1.807) is 7.11 Å².